The molecule has 0 radical (unpaired) electrons. The summed E-state index contributed by atoms with van der Waals surface area (Å²) >= 11 is 0. The third-order valence-corrected chi connectivity index (χ3v) is 7.03. The molecule has 0 saturated carbocycles. The summed E-state index contributed by atoms with van der Waals surface area (Å²) in [6.07, 6.45) is -0.841. The molecule has 0 bridgehead atoms. The van der Waals surface area contributed by atoms with Crippen LogP contribution in [0.1, 0.15) is 28.4 Å². The van der Waals surface area contributed by atoms with Crippen LogP contribution < -0.4 is 20.3 Å². The molecular formula is C26H31FN4O5. The Bertz CT molecular complexity index is 1090. The number of piperazine rings is 1. The van der Waals surface area contributed by atoms with Crippen LogP contribution in [0.25, 0.3) is 0 Å². The van der Waals surface area contributed by atoms with Crippen molar-refractivity contribution >= 4 is 17.7 Å². The first-order valence-corrected chi connectivity index (χ1v) is 12.3. The fourth-order valence-electron chi connectivity index (χ4n) is 4.86. The van der Waals surface area contributed by atoms with Crippen LogP contribution in [0.4, 0.5) is 14.9 Å². The molecule has 1 unspecified atom stereocenters. The number of nitrogens with one attached hydrogen (secondary N) is 2. The second-order valence-corrected chi connectivity index (χ2v) is 9.23. The number of anilines is 1. The zero-order valence-electron chi connectivity index (χ0n) is 20.2. The molecule has 0 spiro atoms. The Labute approximate surface area is 209 Å². The highest BCUT2D eigenvalue weighted by Crippen LogP contribution is 2.36. The zero-order valence-corrected chi connectivity index (χ0v) is 20.2. The zero-order chi connectivity index (χ0) is 25.1. The van der Waals surface area contributed by atoms with Gasteiger partial charge in [-0.25, -0.2) is 9.18 Å². The maximum Gasteiger partial charge on any atom is 0.407 e. The van der Waals surface area contributed by atoms with Crippen LogP contribution >= 0.6 is 0 Å². The number of alkyl carbamates (subject to hydrolysis) is 1. The van der Waals surface area contributed by atoms with Crippen molar-refractivity contribution in [2.45, 2.75) is 24.6 Å². The topological polar surface area (TPSA) is 92.4 Å². The van der Waals surface area contributed by atoms with E-state index in [0.29, 0.717) is 30.4 Å². The molecule has 2 fully saturated rings. The average molecular weight is 499 g/mol. The summed E-state index contributed by atoms with van der Waals surface area (Å²) < 4.78 is 30.4. The van der Waals surface area contributed by atoms with Crippen molar-refractivity contribution < 1.29 is 28.2 Å². The number of carbonyl (C=O) groups excluding carboxylic acids is 2. The van der Waals surface area contributed by atoms with Gasteiger partial charge in [-0.15, -0.1) is 0 Å². The summed E-state index contributed by atoms with van der Waals surface area (Å²) in [5.41, 5.74) is 2.07. The van der Waals surface area contributed by atoms with Crippen molar-refractivity contribution in [2.24, 2.45) is 0 Å². The van der Waals surface area contributed by atoms with Gasteiger partial charge in [0.15, 0.2) is 0 Å². The van der Waals surface area contributed by atoms with Crippen LogP contribution in [-0.2, 0) is 9.47 Å². The fraction of sp³-hybridized carbons (Fsp3) is 0.462. The lowest BCUT2D eigenvalue weighted by Gasteiger charge is -2.43. The third kappa shape index (κ3) is 5.24. The Morgan fingerprint density at radius 2 is 1.81 bits per heavy atom. The maximum atomic E-state index is 13.4. The number of benzene rings is 2. The minimum absolute atomic E-state index is 0.314. The van der Waals surface area contributed by atoms with Crippen molar-refractivity contribution in [3.8, 4) is 5.75 Å². The third-order valence-electron chi connectivity index (χ3n) is 7.03. The van der Waals surface area contributed by atoms with E-state index in [-0.39, 0.29) is 5.91 Å². The van der Waals surface area contributed by atoms with Gasteiger partial charge in [0.2, 0.25) is 0 Å². The van der Waals surface area contributed by atoms with Crippen molar-refractivity contribution in [2.75, 3.05) is 57.9 Å². The Hall–Kier alpha value is -3.37. The molecule has 3 aliphatic rings. The first-order chi connectivity index (χ1) is 17.5. The van der Waals surface area contributed by atoms with E-state index in [0.717, 1.165) is 50.6 Å². The van der Waals surface area contributed by atoms with Crippen LogP contribution in [0.3, 0.4) is 0 Å². The van der Waals surface area contributed by atoms with Gasteiger partial charge in [0.1, 0.15) is 17.7 Å². The molecule has 5 rings (SSSR count). The predicted molar refractivity (Wildman–Crippen MR) is 131 cm³/mol. The number of hydrogen-bond donors (Lipinski definition) is 2. The van der Waals surface area contributed by atoms with E-state index >= 15 is 0 Å². The SMILES string of the molecule is CNC(=O)O[C@H]1CCOc2ccc(N3CCN(C4COC4)CC3)cc2C1NC(=O)c1ccc(F)cc1. The van der Waals surface area contributed by atoms with Gasteiger partial charge >= 0.3 is 6.09 Å². The maximum absolute atomic E-state index is 13.4. The molecular weight excluding hydrogens is 467 g/mol. The standard InChI is InChI=1S/C26H31FN4O5/c1-28-26(33)36-23-8-13-35-22-7-6-19(30-9-11-31(12-10-30)20-15-34-16-20)14-21(22)24(23)29-25(32)17-2-4-18(27)5-3-17/h2-7,14,20,23-24H,8-13,15-16H2,1H3,(H,28,33)(H,29,32)/t23-,24?/m0/s1. The van der Waals surface area contributed by atoms with Gasteiger partial charge in [-0.05, 0) is 42.5 Å². The molecule has 2 amide bonds. The lowest BCUT2D eigenvalue weighted by Crippen LogP contribution is -2.56. The van der Waals surface area contributed by atoms with Gasteiger partial charge in [-0.3, -0.25) is 9.69 Å². The van der Waals surface area contributed by atoms with E-state index in [1.807, 2.05) is 18.2 Å². The molecule has 2 atom stereocenters. The number of nitrogens with zero attached hydrogens (tertiary/aromatic N) is 2. The van der Waals surface area contributed by atoms with Crippen molar-refractivity contribution in [1.29, 1.82) is 0 Å². The van der Waals surface area contributed by atoms with E-state index in [4.69, 9.17) is 14.2 Å². The summed E-state index contributed by atoms with van der Waals surface area (Å²) in [6, 6.07) is 11.2. The van der Waals surface area contributed by atoms with Crippen molar-refractivity contribution in [3.63, 3.8) is 0 Å². The quantitative estimate of drug-likeness (QED) is 0.654. The number of carbonyl (C=O) groups is 2. The number of hydrogen-bond acceptors (Lipinski definition) is 7. The second kappa shape index (κ2) is 10.7. The first-order valence-electron chi connectivity index (χ1n) is 12.3. The van der Waals surface area contributed by atoms with Crippen molar-refractivity contribution in [3.05, 3.63) is 59.4 Å². The fourth-order valence-corrected chi connectivity index (χ4v) is 4.86. The Morgan fingerprint density at radius 3 is 2.47 bits per heavy atom. The smallest absolute Gasteiger partial charge is 0.407 e. The lowest BCUT2D eigenvalue weighted by atomic mass is 9.97. The molecule has 0 aliphatic carbocycles. The van der Waals surface area contributed by atoms with E-state index in [9.17, 15) is 14.0 Å². The molecule has 2 saturated heterocycles. The minimum atomic E-state index is -0.652. The lowest BCUT2D eigenvalue weighted by molar-refractivity contribution is -0.0660. The predicted octanol–water partition coefficient (Wildman–Crippen LogP) is 2.32. The first kappa shape index (κ1) is 24.3. The molecule has 36 heavy (non-hydrogen) atoms. The van der Waals surface area contributed by atoms with E-state index in [1.54, 1.807) is 0 Å². The number of amides is 2. The van der Waals surface area contributed by atoms with Gasteiger partial charge < -0.3 is 29.7 Å². The van der Waals surface area contributed by atoms with Crippen LogP contribution in [0.2, 0.25) is 0 Å². The van der Waals surface area contributed by atoms with E-state index in [2.05, 4.69) is 20.4 Å². The number of fused-ring (bicyclic) bond motifs is 1. The summed E-state index contributed by atoms with van der Waals surface area (Å²) in [6.45, 7) is 5.60. The number of ether oxygens (including phenoxy) is 3. The molecule has 2 N–H and O–H groups in total. The van der Waals surface area contributed by atoms with E-state index in [1.165, 1.54) is 31.3 Å². The summed E-state index contributed by atoms with van der Waals surface area (Å²) in [5.74, 6) is -0.174. The van der Waals surface area contributed by atoms with Crippen LogP contribution in [-0.4, -0.2) is 82.1 Å². The van der Waals surface area contributed by atoms with Crippen LogP contribution in [0.5, 0.6) is 5.75 Å². The van der Waals surface area contributed by atoms with Crippen LogP contribution in [0.15, 0.2) is 42.5 Å². The Morgan fingerprint density at radius 1 is 1.06 bits per heavy atom. The highest BCUT2D eigenvalue weighted by atomic mass is 19.1. The van der Waals surface area contributed by atoms with E-state index < -0.39 is 24.1 Å². The number of halogens is 1. The van der Waals surface area contributed by atoms with Crippen LogP contribution in [0, 0.1) is 5.82 Å². The summed E-state index contributed by atoms with van der Waals surface area (Å²) in [4.78, 5) is 30.0. The van der Waals surface area contributed by atoms with Gasteiger partial charge in [-0.1, -0.05) is 0 Å². The molecule has 10 heteroatoms. The Balaban J connectivity index is 1.41. The normalized spacial score (nSPS) is 22.4. The summed E-state index contributed by atoms with van der Waals surface area (Å²) in [7, 11) is 1.49. The average Bonchev–Trinajstić information content (AvgIpc) is 3.02. The highest BCUT2D eigenvalue weighted by Gasteiger charge is 2.34. The van der Waals surface area contributed by atoms with Crippen molar-refractivity contribution in [1.82, 2.24) is 15.5 Å². The number of rotatable bonds is 5. The van der Waals surface area contributed by atoms with Gasteiger partial charge in [0, 0.05) is 56.5 Å². The summed E-state index contributed by atoms with van der Waals surface area (Å²) in [5, 5.41) is 5.49. The molecule has 2 aromatic rings. The molecule has 0 aromatic heterocycles. The monoisotopic (exact) mass is 498 g/mol. The van der Waals surface area contributed by atoms with Gasteiger partial charge in [0.25, 0.3) is 5.91 Å². The van der Waals surface area contributed by atoms with Gasteiger partial charge in [0.05, 0.1) is 31.9 Å². The minimum Gasteiger partial charge on any atom is -0.493 e. The van der Waals surface area contributed by atoms with Gasteiger partial charge in [-0.2, -0.15) is 0 Å². The largest absolute Gasteiger partial charge is 0.493 e. The second-order valence-electron chi connectivity index (χ2n) is 9.23. The molecule has 192 valence electrons. The molecule has 9 nitrogen and oxygen atoms in total. The Kier molecular flexibility index (Phi) is 7.24. The highest BCUT2D eigenvalue weighted by molar-refractivity contribution is 5.94. The molecule has 2 aromatic carbocycles. The molecule has 3 heterocycles. The molecule has 3 aliphatic heterocycles.